The van der Waals surface area contributed by atoms with E-state index in [2.05, 4.69) is 5.32 Å². The number of methoxy groups -OCH3 is 1. The topological polar surface area (TPSA) is 84.6 Å². The van der Waals surface area contributed by atoms with Gasteiger partial charge in [0.05, 0.1) is 0 Å². The minimum atomic E-state index is -1.69. The maximum absolute atomic E-state index is 13.5. The molecule has 1 aliphatic carbocycles. The second-order valence-corrected chi connectivity index (χ2v) is 5.97. The molecule has 0 bridgehead atoms. The van der Waals surface area contributed by atoms with Crippen LogP contribution in [0.3, 0.4) is 0 Å². The van der Waals surface area contributed by atoms with Crippen LogP contribution in [0.4, 0.5) is 8.78 Å². The zero-order valence-electron chi connectivity index (χ0n) is 12.8. The molecule has 0 aromatic rings. The number of carbonyl (C=O) groups excluding carboxylic acids is 1. The summed E-state index contributed by atoms with van der Waals surface area (Å²) in [6.07, 6.45) is -1.11. The molecule has 1 fully saturated rings. The number of hydrogen-bond donors (Lipinski definition) is 3. The molecule has 2 unspecified atom stereocenters. The highest BCUT2D eigenvalue weighted by molar-refractivity contribution is 5.73. The lowest BCUT2D eigenvalue weighted by Gasteiger charge is -2.38. The summed E-state index contributed by atoms with van der Waals surface area (Å²) in [7, 11) is 1.35. The van der Waals surface area contributed by atoms with Crippen LogP contribution in [0.5, 0.6) is 0 Å². The summed E-state index contributed by atoms with van der Waals surface area (Å²) in [6.45, 7) is 2.11. The molecule has 124 valence electrons. The maximum Gasteiger partial charge on any atom is 0.217 e. The number of amides is 1. The van der Waals surface area contributed by atoms with Gasteiger partial charge in [-0.15, -0.1) is 0 Å². The third-order valence-electron chi connectivity index (χ3n) is 4.27. The van der Waals surface area contributed by atoms with E-state index in [1.165, 1.54) is 21.0 Å². The highest BCUT2D eigenvalue weighted by atomic mass is 19.2. The summed E-state index contributed by atoms with van der Waals surface area (Å²) < 4.78 is 31.1. The van der Waals surface area contributed by atoms with E-state index in [4.69, 9.17) is 10.5 Å². The zero-order valence-corrected chi connectivity index (χ0v) is 12.8. The van der Waals surface area contributed by atoms with E-state index >= 15 is 0 Å². The van der Waals surface area contributed by atoms with Crippen molar-refractivity contribution in [1.82, 2.24) is 5.32 Å². The number of nitrogens with one attached hydrogen (secondary N) is 1. The van der Waals surface area contributed by atoms with E-state index in [9.17, 15) is 18.7 Å². The predicted molar refractivity (Wildman–Crippen MR) is 74.9 cm³/mol. The van der Waals surface area contributed by atoms with E-state index in [1.807, 2.05) is 0 Å². The van der Waals surface area contributed by atoms with Crippen LogP contribution in [0.25, 0.3) is 0 Å². The van der Waals surface area contributed by atoms with Crippen LogP contribution in [-0.2, 0) is 9.53 Å². The largest absolute Gasteiger partial charge is 0.365 e. The first-order valence-electron chi connectivity index (χ1n) is 7.21. The van der Waals surface area contributed by atoms with Gasteiger partial charge in [-0.3, -0.25) is 4.79 Å². The molecule has 0 radical (unpaired) electrons. The molecular weight excluding hydrogens is 282 g/mol. The predicted octanol–water partition coefficient (Wildman–Crippen LogP) is 0.755. The average molecular weight is 308 g/mol. The third kappa shape index (κ3) is 4.86. The summed E-state index contributed by atoms with van der Waals surface area (Å²) in [6, 6.07) is -0.704. The molecule has 0 aliphatic heterocycles. The summed E-state index contributed by atoms with van der Waals surface area (Å²) in [4.78, 5) is 11.4. The Morgan fingerprint density at radius 3 is 2.62 bits per heavy atom. The van der Waals surface area contributed by atoms with Gasteiger partial charge in [0.25, 0.3) is 0 Å². The van der Waals surface area contributed by atoms with E-state index in [1.54, 1.807) is 0 Å². The standard InChI is InChI=1S/C14H26F2N2O3/c1-8(19)18-12(5-10(16)6-15)13(14(2,20)21-3)11-4-9(11)7-17/h9-13,20H,4-7,17H2,1-3H3,(H,18,19)/t9-,10+,11-,12?,13?,14+/m1/s1. The molecule has 0 heterocycles. The van der Waals surface area contributed by atoms with Gasteiger partial charge in [0.1, 0.15) is 12.8 Å². The summed E-state index contributed by atoms with van der Waals surface area (Å²) in [5, 5.41) is 13.1. The Hall–Kier alpha value is -0.790. The van der Waals surface area contributed by atoms with Gasteiger partial charge >= 0.3 is 0 Å². The molecule has 0 spiro atoms. The van der Waals surface area contributed by atoms with Gasteiger partial charge in [-0.2, -0.15) is 0 Å². The van der Waals surface area contributed by atoms with E-state index in [-0.39, 0.29) is 24.2 Å². The molecular formula is C14H26F2N2O3. The average Bonchev–Trinajstić information content (AvgIpc) is 3.16. The van der Waals surface area contributed by atoms with Crippen LogP contribution in [0.1, 0.15) is 26.7 Å². The molecule has 0 aromatic heterocycles. The van der Waals surface area contributed by atoms with Crippen LogP contribution < -0.4 is 11.1 Å². The Kier molecular flexibility index (Phi) is 6.49. The van der Waals surface area contributed by atoms with Crippen LogP contribution in [0.15, 0.2) is 0 Å². The summed E-state index contributed by atoms with van der Waals surface area (Å²) >= 11 is 0. The van der Waals surface area contributed by atoms with Gasteiger partial charge in [0, 0.05) is 32.4 Å². The highest BCUT2D eigenvalue weighted by Gasteiger charge is 2.53. The number of alkyl halides is 2. The fourth-order valence-corrected chi connectivity index (χ4v) is 3.08. The molecule has 1 aliphatic rings. The van der Waals surface area contributed by atoms with Crippen molar-refractivity contribution in [2.24, 2.45) is 23.5 Å². The number of ether oxygens (including phenoxy) is 1. The number of nitrogens with two attached hydrogens (primary N) is 1. The van der Waals surface area contributed by atoms with Crippen molar-refractivity contribution < 1.29 is 23.4 Å². The Balaban J connectivity index is 2.96. The molecule has 4 N–H and O–H groups in total. The van der Waals surface area contributed by atoms with Crippen LogP contribution in [-0.4, -0.2) is 49.3 Å². The first-order chi connectivity index (χ1) is 9.76. The van der Waals surface area contributed by atoms with Gasteiger partial charge < -0.3 is 20.9 Å². The van der Waals surface area contributed by atoms with Crippen molar-refractivity contribution in [3.05, 3.63) is 0 Å². The molecule has 0 aromatic carbocycles. The quantitative estimate of drug-likeness (QED) is 0.549. The van der Waals surface area contributed by atoms with E-state index in [0.29, 0.717) is 6.54 Å². The molecule has 6 atom stereocenters. The van der Waals surface area contributed by atoms with Crippen molar-refractivity contribution in [2.75, 3.05) is 20.3 Å². The van der Waals surface area contributed by atoms with E-state index in [0.717, 1.165) is 6.42 Å². The van der Waals surface area contributed by atoms with Crippen molar-refractivity contribution in [2.45, 2.75) is 44.7 Å². The van der Waals surface area contributed by atoms with Crippen LogP contribution >= 0.6 is 0 Å². The second kappa shape index (κ2) is 7.47. The smallest absolute Gasteiger partial charge is 0.217 e. The summed E-state index contributed by atoms with van der Waals surface area (Å²) in [5.41, 5.74) is 5.63. The van der Waals surface area contributed by atoms with Gasteiger partial charge in [-0.05, 0) is 31.7 Å². The van der Waals surface area contributed by atoms with Crippen molar-refractivity contribution in [3.63, 3.8) is 0 Å². The Labute approximate surface area is 124 Å². The molecule has 1 saturated carbocycles. The van der Waals surface area contributed by atoms with E-state index < -0.39 is 30.6 Å². The van der Waals surface area contributed by atoms with Crippen molar-refractivity contribution in [3.8, 4) is 0 Å². The Morgan fingerprint density at radius 1 is 1.62 bits per heavy atom. The fourth-order valence-electron chi connectivity index (χ4n) is 3.08. The molecule has 5 nitrogen and oxygen atoms in total. The molecule has 1 amide bonds. The molecule has 7 heteroatoms. The second-order valence-electron chi connectivity index (χ2n) is 5.97. The first kappa shape index (κ1) is 18.3. The van der Waals surface area contributed by atoms with Crippen LogP contribution in [0, 0.1) is 17.8 Å². The SMILES string of the molecule is CO[C@](C)(O)C(C(C[C@H](F)CF)NC(C)=O)[C@@H]1C[C@@H]1CN. The van der Waals surface area contributed by atoms with Gasteiger partial charge in [0.2, 0.25) is 5.91 Å². The number of carbonyl (C=O) groups is 1. The Bertz CT molecular complexity index is 355. The van der Waals surface area contributed by atoms with Gasteiger partial charge in [-0.1, -0.05) is 0 Å². The van der Waals surface area contributed by atoms with Crippen LogP contribution in [0.2, 0.25) is 0 Å². The zero-order chi connectivity index (χ0) is 16.2. The fraction of sp³-hybridized carbons (Fsp3) is 0.929. The minimum absolute atomic E-state index is 0.0219. The lowest BCUT2D eigenvalue weighted by molar-refractivity contribution is -0.220. The maximum atomic E-state index is 13.5. The summed E-state index contributed by atoms with van der Waals surface area (Å²) in [5.74, 6) is -2.21. The van der Waals surface area contributed by atoms with Gasteiger partial charge in [-0.25, -0.2) is 8.78 Å². The third-order valence-corrected chi connectivity index (χ3v) is 4.27. The first-order valence-corrected chi connectivity index (χ1v) is 7.21. The van der Waals surface area contributed by atoms with Gasteiger partial charge in [0.15, 0.2) is 5.79 Å². The van der Waals surface area contributed by atoms with Crippen molar-refractivity contribution in [1.29, 1.82) is 0 Å². The number of hydrogen-bond acceptors (Lipinski definition) is 4. The van der Waals surface area contributed by atoms with Crippen molar-refractivity contribution >= 4 is 5.91 Å². The normalized spacial score (nSPS) is 28.3. The molecule has 1 rings (SSSR count). The number of rotatable bonds is 9. The monoisotopic (exact) mass is 308 g/mol. The molecule has 21 heavy (non-hydrogen) atoms. The number of aliphatic hydroxyl groups is 1. The minimum Gasteiger partial charge on any atom is -0.365 e. The lowest BCUT2D eigenvalue weighted by atomic mass is 9.83. The highest BCUT2D eigenvalue weighted by Crippen LogP contribution is 2.49. The Morgan fingerprint density at radius 2 is 2.24 bits per heavy atom. The molecule has 0 saturated heterocycles. The lowest BCUT2D eigenvalue weighted by Crippen LogP contribution is -2.52. The number of halogens is 2.